The highest BCUT2D eigenvalue weighted by atomic mass is 32.1. The van der Waals surface area contributed by atoms with Crippen molar-refractivity contribution in [3.05, 3.63) is 122 Å². The van der Waals surface area contributed by atoms with Gasteiger partial charge in [0.15, 0.2) is 21.7 Å². The molecule has 1 unspecified atom stereocenters. The number of rotatable bonds is 14. The first-order valence-electron chi connectivity index (χ1n) is 21.7. The van der Waals surface area contributed by atoms with E-state index in [-0.39, 0.29) is 76.3 Å². The number of hydrogen-bond donors (Lipinski definition) is 7. The maximum Gasteiger partial charge on any atom is 0.471 e. The summed E-state index contributed by atoms with van der Waals surface area (Å²) in [7, 11) is 0. The number of nitrogens with two attached hydrogens (primary N) is 1. The molecule has 19 nitrogen and oxygen atoms in total. The standard InChI is InChI=1S/C48H45F3N10O9S/c1-24-19-26(7-12-31(24)38-32-13-10-29(62)20-35(32)69-36-21-30(63)11-14-33(36)38)57-46(71)54-18-17-53-37(64)16-15-34(43(67)70-47(2,3)4)58-41(65)25-5-8-28(9-6-25)61(44(68)48(49,50)51)23-27-22-55-40-39(56-27)42(66)60-45(52)59-40/h5-14,19-22,34,62H,15-18,23H2,1-4H3,(H,53,64)(H,58,65)(H2,54,57,71)(H3,52,55,59,60,66). The molecule has 1 aliphatic heterocycles. The second kappa shape index (κ2) is 20.6. The van der Waals surface area contributed by atoms with Crippen LogP contribution in [0.5, 0.6) is 5.75 Å². The molecule has 23 heteroatoms. The molecule has 368 valence electrons. The average Bonchev–Trinajstić information content (AvgIpc) is 3.29. The third-order valence-corrected chi connectivity index (χ3v) is 10.8. The number of thiocarbonyl (C=S) groups is 1. The first kappa shape index (κ1) is 50.4. The molecule has 2 aromatic heterocycles. The molecular weight excluding hydrogens is 950 g/mol. The number of aromatic nitrogens is 4. The fraction of sp³-hybridized carbons (Fsp3) is 0.250. The Morgan fingerprint density at radius 2 is 1.65 bits per heavy atom. The number of phenolic OH excluding ortho intramolecular Hbond substituents is 1. The highest BCUT2D eigenvalue weighted by Gasteiger charge is 2.43. The molecule has 0 radical (unpaired) electrons. The van der Waals surface area contributed by atoms with Gasteiger partial charge in [-0.25, -0.2) is 14.8 Å². The zero-order valence-corrected chi connectivity index (χ0v) is 39.1. The van der Waals surface area contributed by atoms with Gasteiger partial charge in [-0.05, 0) is 118 Å². The van der Waals surface area contributed by atoms with Gasteiger partial charge in [0.05, 0.1) is 18.4 Å². The normalized spacial score (nSPS) is 12.0. The lowest BCUT2D eigenvalue weighted by Gasteiger charge is -2.25. The van der Waals surface area contributed by atoms with Crippen molar-refractivity contribution in [2.45, 2.75) is 64.9 Å². The Labute approximate surface area is 406 Å². The van der Waals surface area contributed by atoms with Gasteiger partial charge < -0.3 is 41.3 Å². The van der Waals surface area contributed by atoms with Crippen molar-refractivity contribution in [2.24, 2.45) is 0 Å². The van der Waals surface area contributed by atoms with Gasteiger partial charge in [0, 0.05) is 65.1 Å². The van der Waals surface area contributed by atoms with E-state index < -0.39 is 53.6 Å². The lowest BCUT2D eigenvalue weighted by Crippen LogP contribution is -2.45. The van der Waals surface area contributed by atoms with E-state index >= 15 is 0 Å². The number of aromatic amines is 1. The number of nitrogens with one attached hydrogen (secondary N) is 5. The minimum atomic E-state index is -5.33. The number of benzene rings is 4. The summed E-state index contributed by atoms with van der Waals surface area (Å²) in [6.45, 7) is 6.33. The molecule has 1 aliphatic carbocycles. The molecule has 0 spiro atoms. The number of amides is 3. The van der Waals surface area contributed by atoms with E-state index in [1.165, 1.54) is 18.2 Å². The van der Waals surface area contributed by atoms with Gasteiger partial charge >= 0.3 is 18.1 Å². The lowest BCUT2D eigenvalue weighted by atomic mass is 9.91. The third-order valence-electron chi connectivity index (χ3n) is 10.6. The van der Waals surface area contributed by atoms with Crippen LogP contribution in [-0.2, 0) is 25.7 Å². The minimum Gasteiger partial charge on any atom is -0.508 e. The van der Waals surface area contributed by atoms with Crippen molar-refractivity contribution in [2.75, 3.05) is 29.0 Å². The number of nitrogens with zero attached hydrogens (tertiary/aromatic N) is 4. The summed E-state index contributed by atoms with van der Waals surface area (Å²) in [6, 6.07) is 18.1. The number of ether oxygens (including phenoxy) is 1. The van der Waals surface area contributed by atoms with Crippen LogP contribution in [0.4, 0.5) is 30.5 Å². The van der Waals surface area contributed by atoms with E-state index in [0.717, 1.165) is 58.1 Å². The minimum absolute atomic E-state index is 0.0170. The molecule has 8 N–H and O–H groups in total. The Morgan fingerprint density at radius 1 is 0.930 bits per heavy atom. The van der Waals surface area contributed by atoms with Crippen molar-refractivity contribution in [1.82, 2.24) is 35.9 Å². The lowest BCUT2D eigenvalue weighted by molar-refractivity contribution is -0.170. The number of carbonyl (C=O) groups is 4. The summed E-state index contributed by atoms with van der Waals surface area (Å²) in [5.74, 6) is -4.27. The third kappa shape index (κ3) is 12.4. The topological polar surface area (TPSA) is 277 Å². The fourth-order valence-electron chi connectivity index (χ4n) is 7.39. The van der Waals surface area contributed by atoms with Crippen molar-refractivity contribution in [3.63, 3.8) is 0 Å². The van der Waals surface area contributed by atoms with Crippen LogP contribution in [0.25, 0.3) is 44.6 Å². The molecule has 71 heavy (non-hydrogen) atoms. The second-order valence-electron chi connectivity index (χ2n) is 17.1. The first-order valence-corrected chi connectivity index (χ1v) is 22.1. The average molecular weight is 995 g/mol. The summed E-state index contributed by atoms with van der Waals surface area (Å²) in [6.07, 6.45) is -4.71. The van der Waals surface area contributed by atoms with E-state index in [2.05, 4.69) is 41.2 Å². The van der Waals surface area contributed by atoms with Crippen molar-refractivity contribution in [3.8, 4) is 28.2 Å². The van der Waals surface area contributed by atoms with Gasteiger partial charge in [0.1, 0.15) is 28.7 Å². The summed E-state index contributed by atoms with van der Waals surface area (Å²) < 4.78 is 52.8. The predicted octanol–water partition coefficient (Wildman–Crippen LogP) is 5.61. The maximum absolute atomic E-state index is 13.8. The molecule has 7 rings (SSSR count). The summed E-state index contributed by atoms with van der Waals surface area (Å²) >= 11 is 5.49. The van der Waals surface area contributed by atoms with Crippen LogP contribution in [0.2, 0.25) is 0 Å². The molecule has 0 saturated carbocycles. The summed E-state index contributed by atoms with van der Waals surface area (Å²) in [5.41, 5.74) is 6.81. The Balaban J connectivity index is 0.939. The number of alkyl halides is 3. The van der Waals surface area contributed by atoms with Gasteiger partial charge in [-0.3, -0.25) is 33.9 Å². The number of H-pyrrole nitrogens is 1. The Morgan fingerprint density at radius 3 is 2.35 bits per heavy atom. The van der Waals surface area contributed by atoms with Crippen LogP contribution >= 0.6 is 12.2 Å². The summed E-state index contributed by atoms with van der Waals surface area (Å²) in [5, 5.41) is 22.5. The van der Waals surface area contributed by atoms with Gasteiger partial charge in [0.2, 0.25) is 11.9 Å². The molecular formula is C48H45F3N10O9S. The number of hydrogen-bond acceptors (Lipinski definition) is 14. The number of fused-ring (bicyclic) bond motifs is 3. The number of carbonyl (C=O) groups excluding carboxylic acids is 4. The molecule has 0 saturated heterocycles. The largest absolute Gasteiger partial charge is 0.508 e. The second-order valence-corrected chi connectivity index (χ2v) is 17.5. The highest BCUT2D eigenvalue weighted by molar-refractivity contribution is 7.80. The van der Waals surface area contributed by atoms with Crippen LogP contribution in [0, 0.1) is 6.92 Å². The maximum atomic E-state index is 13.8. The van der Waals surface area contributed by atoms with Gasteiger partial charge in [-0.2, -0.15) is 18.2 Å². The number of anilines is 3. The van der Waals surface area contributed by atoms with E-state index in [1.54, 1.807) is 39.0 Å². The number of aryl methyl sites for hydroxylation is 1. The van der Waals surface area contributed by atoms with E-state index in [1.807, 2.05) is 25.1 Å². The molecule has 3 aromatic carbocycles. The number of esters is 1. The fourth-order valence-corrected chi connectivity index (χ4v) is 7.61. The SMILES string of the molecule is Cc1cc(NC(=S)NCCNC(=O)CCC(NC(=O)c2ccc(N(Cc3cnc4nc(N)[nH]c(=O)c4n3)C(=O)C(F)(F)F)cc2)C(=O)OC(C)(C)C)ccc1-c1c2ccc(=O)cc-2oc2cc(O)ccc12. The molecule has 1 atom stereocenters. The first-order chi connectivity index (χ1) is 33.5. The van der Waals surface area contributed by atoms with Crippen molar-refractivity contribution in [1.29, 1.82) is 0 Å². The molecule has 0 fully saturated rings. The van der Waals surface area contributed by atoms with Crippen molar-refractivity contribution >= 4 is 80.5 Å². The quantitative estimate of drug-likeness (QED) is 0.0302. The van der Waals surface area contributed by atoms with E-state index in [9.17, 15) is 47.0 Å². The van der Waals surface area contributed by atoms with E-state index in [0.29, 0.717) is 21.9 Å². The van der Waals surface area contributed by atoms with Crippen LogP contribution in [0.1, 0.15) is 55.2 Å². The molecule has 3 heterocycles. The predicted molar refractivity (Wildman–Crippen MR) is 261 cm³/mol. The van der Waals surface area contributed by atoms with Crippen molar-refractivity contribution < 1.29 is 46.6 Å². The van der Waals surface area contributed by atoms with Crippen LogP contribution < -0.4 is 42.9 Å². The summed E-state index contributed by atoms with van der Waals surface area (Å²) in [4.78, 5) is 91.1. The zero-order chi connectivity index (χ0) is 51.4. The Kier molecular flexibility index (Phi) is 14.6. The Bertz CT molecular complexity index is 3300. The smallest absolute Gasteiger partial charge is 0.471 e. The number of halogens is 3. The monoisotopic (exact) mass is 994 g/mol. The molecule has 0 bridgehead atoms. The van der Waals surface area contributed by atoms with Gasteiger partial charge in [-0.15, -0.1) is 0 Å². The van der Waals surface area contributed by atoms with Crippen LogP contribution in [0.15, 0.2) is 99.1 Å². The van der Waals surface area contributed by atoms with Gasteiger partial charge in [-0.1, -0.05) is 6.07 Å². The van der Waals surface area contributed by atoms with Crippen LogP contribution in [-0.4, -0.2) is 84.8 Å². The zero-order valence-electron chi connectivity index (χ0n) is 38.3. The highest BCUT2D eigenvalue weighted by Crippen LogP contribution is 2.42. The Hall–Kier alpha value is -8.47. The number of nitrogen functional groups attached to an aromatic ring is 1. The number of aromatic hydroxyl groups is 1. The van der Waals surface area contributed by atoms with Gasteiger partial charge in [0.25, 0.3) is 11.5 Å². The van der Waals surface area contributed by atoms with Crippen LogP contribution in [0.3, 0.4) is 0 Å². The molecule has 2 aliphatic rings. The van der Waals surface area contributed by atoms with E-state index in [4.69, 9.17) is 27.1 Å². The molecule has 5 aromatic rings. The number of phenols is 1. The molecule has 3 amide bonds.